The van der Waals surface area contributed by atoms with Crippen LogP contribution in [0.4, 0.5) is 0 Å². The number of piperidine rings is 1. The summed E-state index contributed by atoms with van der Waals surface area (Å²) in [5, 5.41) is 1.67. The summed E-state index contributed by atoms with van der Waals surface area (Å²) in [6.07, 6.45) is 1.60. The van der Waals surface area contributed by atoms with Crippen LogP contribution in [0.1, 0.15) is 19.8 Å². The normalized spacial score (nSPS) is 19.2. The fourth-order valence-electron chi connectivity index (χ4n) is 3.01. The van der Waals surface area contributed by atoms with Crippen molar-refractivity contribution in [2.75, 3.05) is 13.1 Å². The molecule has 24 heavy (non-hydrogen) atoms. The number of rotatable bonds is 4. The number of thioether (sulfide) groups is 1. The highest BCUT2D eigenvalue weighted by Crippen LogP contribution is 2.26. The minimum Gasteiger partial charge on any atom is -0.369 e. The van der Waals surface area contributed by atoms with Crippen molar-refractivity contribution in [3.63, 3.8) is 0 Å². The van der Waals surface area contributed by atoms with Crippen LogP contribution in [-0.4, -0.2) is 40.0 Å². The largest absolute Gasteiger partial charge is 0.369 e. The zero-order valence-corrected chi connectivity index (χ0v) is 14.5. The molecule has 2 heterocycles. The van der Waals surface area contributed by atoms with Crippen molar-refractivity contribution in [3.8, 4) is 0 Å². The molecule has 2 unspecified atom stereocenters. The average molecular weight is 343 g/mol. The number of para-hydroxylation sites is 1. The minimum atomic E-state index is -0.316. The summed E-state index contributed by atoms with van der Waals surface area (Å²) in [7, 11) is 0. The molecule has 1 aliphatic heterocycles. The number of nitrogens with two attached hydrogens (primary N) is 1. The molecule has 1 fully saturated rings. The first-order chi connectivity index (χ1) is 11.5. The van der Waals surface area contributed by atoms with Gasteiger partial charge in [-0.05, 0) is 31.9 Å². The zero-order valence-electron chi connectivity index (χ0n) is 13.6. The van der Waals surface area contributed by atoms with Gasteiger partial charge in [0, 0.05) is 18.5 Å². The molecule has 1 aromatic heterocycles. The van der Waals surface area contributed by atoms with Crippen molar-refractivity contribution in [2.45, 2.75) is 30.0 Å². The van der Waals surface area contributed by atoms with Gasteiger partial charge in [0.1, 0.15) is 0 Å². The van der Waals surface area contributed by atoms with Gasteiger partial charge in [0.2, 0.25) is 11.8 Å². The average Bonchev–Trinajstić information content (AvgIpc) is 2.61. The molecule has 0 radical (unpaired) electrons. The molecule has 0 spiro atoms. The molecule has 2 aromatic rings. The fourth-order valence-corrected chi connectivity index (χ4v) is 3.92. The van der Waals surface area contributed by atoms with Crippen LogP contribution in [0.5, 0.6) is 0 Å². The van der Waals surface area contributed by atoms with Crippen LogP contribution in [0.3, 0.4) is 0 Å². The molecular formula is C18H21N3O2S. The smallest absolute Gasteiger partial charge is 0.235 e. The highest BCUT2D eigenvalue weighted by molar-refractivity contribution is 8.00. The van der Waals surface area contributed by atoms with E-state index in [-0.39, 0.29) is 23.0 Å². The van der Waals surface area contributed by atoms with Gasteiger partial charge in [-0.15, -0.1) is 0 Å². The van der Waals surface area contributed by atoms with Crippen LogP contribution >= 0.6 is 11.8 Å². The molecule has 2 amide bonds. The third-order valence-electron chi connectivity index (χ3n) is 4.35. The Balaban J connectivity index is 1.67. The molecule has 0 aliphatic carbocycles. The lowest BCUT2D eigenvalue weighted by Crippen LogP contribution is -2.46. The molecular weight excluding hydrogens is 322 g/mol. The standard InChI is InChI=1S/C18H21N3O2S/c1-12(18(23)21-10-4-6-14(11-21)17(19)22)24-16-9-8-13-5-2-3-7-15(13)20-16/h2-3,5,7-9,12,14H,4,6,10-11H2,1H3,(H2,19,22). The Morgan fingerprint density at radius 1 is 1.29 bits per heavy atom. The number of primary amides is 1. The van der Waals surface area contributed by atoms with Crippen molar-refractivity contribution in [1.29, 1.82) is 0 Å². The Labute approximate surface area is 145 Å². The van der Waals surface area contributed by atoms with E-state index < -0.39 is 0 Å². The lowest BCUT2D eigenvalue weighted by Gasteiger charge is -2.32. The molecule has 126 valence electrons. The molecule has 0 bridgehead atoms. The van der Waals surface area contributed by atoms with Gasteiger partial charge in [-0.1, -0.05) is 36.0 Å². The van der Waals surface area contributed by atoms with Gasteiger partial charge in [-0.3, -0.25) is 9.59 Å². The first-order valence-electron chi connectivity index (χ1n) is 8.15. The minimum absolute atomic E-state index is 0.0425. The van der Waals surface area contributed by atoms with Crippen molar-refractivity contribution in [3.05, 3.63) is 36.4 Å². The van der Waals surface area contributed by atoms with Gasteiger partial charge in [0.25, 0.3) is 0 Å². The number of hydrogen-bond donors (Lipinski definition) is 1. The van der Waals surface area contributed by atoms with Crippen molar-refractivity contribution in [2.24, 2.45) is 11.7 Å². The first-order valence-corrected chi connectivity index (χ1v) is 9.03. The lowest BCUT2D eigenvalue weighted by molar-refractivity contribution is -0.134. The van der Waals surface area contributed by atoms with Crippen LogP contribution in [0.15, 0.2) is 41.4 Å². The summed E-state index contributed by atoms with van der Waals surface area (Å²) in [5.41, 5.74) is 6.31. The van der Waals surface area contributed by atoms with Gasteiger partial charge < -0.3 is 10.6 Å². The maximum absolute atomic E-state index is 12.7. The zero-order chi connectivity index (χ0) is 17.1. The quantitative estimate of drug-likeness (QED) is 0.865. The summed E-state index contributed by atoms with van der Waals surface area (Å²) in [6, 6.07) is 11.9. The predicted octanol–water partition coefficient (Wildman–Crippen LogP) is 2.44. The highest BCUT2D eigenvalue weighted by Gasteiger charge is 2.29. The van der Waals surface area contributed by atoms with Crippen LogP contribution in [-0.2, 0) is 9.59 Å². The summed E-state index contributed by atoms with van der Waals surface area (Å²) in [5.74, 6) is -0.497. The second-order valence-electron chi connectivity index (χ2n) is 6.13. The number of carbonyl (C=O) groups is 2. The third kappa shape index (κ3) is 3.70. The molecule has 5 nitrogen and oxygen atoms in total. The molecule has 6 heteroatoms. The number of aromatic nitrogens is 1. The molecule has 1 aromatic carbocycles. The summed E-state index contributed by atoms with van der Waals surface area (Å²) in [4.78, 5) is 30.4. The van der Waals surface area contributed by atoms with E-state index in [9.17, 15) is 9.59 Å². The number of fused-ring (bicyclic) bond motifs is 1. The Morgan fingerprint density at radius 2 is 2.08 bits per heavy atom. The summed E-state index contributed by atoms with van der Waals surface area (Å²) in [6.45, 7) is 3.01. The first kappa shape index (κ1) is 16.8. The molecule has 1 aliphatic rings. The second-order valence-corrected chi connectivity index (χ2v) is 7.49. The van der Waals surface area contributed by atoms with Gasteiger partial charge in [-0.2, -0.15) is 0 Å². The van der Waals surface area contributed by atoms with Crippen LogP contribution in [0, 0.1) is 5.92 Å². The van der Waals surface area contributed by atoms with E-state index in [2.05, 4.69) is 4.98 Å². The van der Waals surface area contributed by atoms with E-state index >= 15 is 0 Å². The van der Waals surface area contributed by atoms with E-state index in [0.29, 0.717) is 13.1 Å². The maximum atomic E-state index is 12.7. The molecule has 3 rings (SSSR count). The number of pyridine rings is 1. The predicted molar refractivity (Wildman–Crippen MR) is 95.6 cm³/mol. The SMILES string of the molecule is CC(Sc1ccc2ccccc2n1)C(=O)N1CCCC(C(N)=O)C1. The Bertz CT molecular complexity index is 765. The van der Waals surface area contributed by atoms with E-state index in [1.807, 2.05) is 43.3 Å². The third-order valence-corrected chi connectivity index (χ3v) is 5.38. The highest BCUT2D eigenvalue weighted by atomic mass is 32.2. The van der Waals surface area contributed by atoms with E-state index in [1.165, 1.54) is 11.8 Å². The summed E-state index contributed by atoms with van der Waals surface area (Å²) < 4.78 is 0. The number of nitrogens with zero attached hydrogens (tertiary/aromatic N) is 2. The van der Waals surface area contributed by atoms with E-state index in [0.717, 1.165) is 28.8 Å². The molecule has 2 N–H and O–H groups in total. The lowest BCUT2D eigenvalue weighted by atomic mass is 9.97. The number of carbonyl (C=O) groups excluding carboxylic acids is 2. The van der Waals surface area contributed by atoms with Crippen LogP contribution < -0.4 is 5.73 Å². The Morgan fingerprint density at radius 3 is 2.88 bits per heavy atom. The number of hydrogen-bond acceptors (Lipinski definition) is 4. The number of benzene rings is 1. The van der Waals surface area contributed by atoms with E-state index in [1.54, 1.807) is 4.90 Å². The van der Waals surface area contributed by atoms with Gasteiger partial charge in [0.05, 0.1) is 21.7 Å². The topological polar surface area (TPSA) is 76.3 Å². The Hall–Kier alpha value is -2.08. The molecule has 1 saturated heterocycles. The van der Waals surface area contributed by atoms with E-state index in [4.69, 9.17) is 5.73 Å². The van der Waals surface area contributed by atoms with Crippen LogP contribution in [0.2, 0.25) is 0 Å². The fraction of sp³-hybridized carbons (Fsp3) is 0.389. The summed E-state index contributed by atoms with van der Waals surface area (Å²) >= 11 is 1.45. The maximum Gasteiger partial charge on any atom is 0.235 e. The van der Waals surface area contributed by atoms with Gasteiger partial charge >= 0.3 is 0 Å². The van der Waals surface area contributed by atoms with Crippen LogP contribution in [0.25, 0.3) is 10.9 Å². The van der Waals surface area contributed by atoms with Crippen molar-refractivity contribution in [1.82, 2.24) is 9.88 Å². The number of likely N-dealkylation sites (tertiary alicyclic amines) is 1. The van der Waals surface area contributed by atoms with Gasteiger partial charge in [0.15, 0.2) is 0 Å². The molecule has 2 atom stereocenters. The molecule has 0 saturated carbocycles. The second kappa shape index (κ2) is 7.21. The Kier molecular flexibility index (Phi) is 5.04. The number of amides is 2. The monoisotopic (exact) mass is 343 g/mol. The van der Waals surface area contributed by atoms with Crippen molar-refractivity contribution >= 4 is 34.5 Å². The van der Waals surface area contributed by atoms with Crippen molar-refractivity contribution < 1.29 is 9.59 Å². The van der Waals surface area contributed by atoms with Gasteiger partial charge in [-0.25, -0.2) is 4.98 Å².